The van der Waals surface area contributed by atoms with E-state index in [1.54, 1.807) is 0 Å². The second-order valence-corrected chi connectivity index (χ2v) is 22.2. The minimum absolute atomic E-state index is 0.180. The molecule has 1 N–H and O–H groups in total. The molecule has 0 saturated heterocycles. The number of carbonyl (C=O) groups is 1. The third-order valence-corrected chi connectivity index (χ3v) is 16.2. The molecular weight excluding hydrogens is 432 g/mol. The van der Waals surface area contributed by atoms with E-state index in [4.69, 9.17) is 22.8 Å². The van der Waals surface area contributed by atoms with Crippen molar-refractivity contribution in [2.24, 2.45) is 0 Å². The zero-order valence-corrected chi connectivity index (χ0v) is 23.7. The van der Waals surface area contributed by atoms with Gasteiger partial charge in [0.15, 0.2) is 16.6 Å². The van der Waals surface area contributed by atoms with Crippen molar-refractivity contribution in [2.75, 3.05) is 26.4 Å². The first-order valence-electron chi connectivity index (χ1n) is 11.7. The van der Waals surface area contributed by atoms with Crippen LogP contribution in [0, 0.1) is 0 Å². The van der Waals surface area contributed by atoms with Gasteiger partial charge in [0.05, 0.1) is 6.61 Å². The van der Waals surface area contributed by atoms with Crippen molar-refractivity contribution in [3.8, 4) is 0 Å². The van der Waals surface area contributed by atoms with Gasteiger partial charge < -0.3 is 22.8 Å². The topological polar surface area (TPSA) is 74.2 Å². The summed E-state index contributed by atoms with van der Waals surface area (Å²) in [5.74, 6) is -0.184. The molecule has 0 saturated carbocycles. The second-order valence-electron chi connectivity index (χ2n) is 9.70. The van der Waals surface area contributed by atoms with E-state index in [1.807, 2.05) is 0 Å². The predicted molar refractivity (Wildman–Crippen MR) is 131 cm³/mol. The van der Waals surface area contributed by atoms with E-state index in [9.17, 15) is 4.79 Å². The summed E-state index contributed by atoms with van der Waals surface area (Å²) in [6.45, 7) is 17.4. The number of hydrogen-bond donors (Lipinski definition) is 1. The molecule has 0 atom stereocenters. The van der Waals surface area contributed by atoms with Crippen LogP contribution in [0.2, 0.25) is 51.4 Å². The third-order valence-electron chi connectivity index (χ3n) is 4.77. The van der Waals surface area contributed by atoms with E-state index in [0.29, 0.717) is 26.2 Å². The van der Waals surface area contributed by atoms with Crippen molar-refractivity contribution < 1.29 is 27.6 Å². The standard InChI is InChI=1S/C21H48O6Si3/c1-8-9-19-28(2,3)26-30(6,7)27-29(4,5)20-13-16-24-17-18-25-21(23)14-11-10-12-15-22/h22H,8-20H2,1-7H3. The molecule has 0 aromatic carbocycles. The minimum Gasteiger partial charge on any atom is -0.463 e. The van der Waals surface area contributed by atoms with Crippen LogP contribution in [0.5, 0.6) is 0 Å². The van der Waals surface area contributed by atoms with Gasteiger partial charge >= 0.3 is 14.5 Å². The summed E-state index contributed by atoms with van der Waals surface area (Å²) >= 11 is 0. The molecule has 0 fully saturated rings. The first-order valence-corrected chi connectivity index (χ1v) is 20.7. The molecule has 0 heterocycles. The van der Waals surface area contributed by atoms with Crippen LogP contribution in [0.3, 0.4) is 0 Å². The number of hydrogen-bond acceptors (Lipinski definition) is 6. The van der Waals surface area contributed by atoms with Crippen LogP contribution in [0.25, 0.3) is 0 Å². The first kappa shape index (κ1) is 30.0. The van der Waals surface area contributed by atoms with Crippen LogP contribution < -0.4 is 0 Å². The van der Waals surface area contributed by atoms with Crippen LogP contribution in [0.4, 0.5) is 0 Å². The zero-order valence-electron chi connectivity index (χ0n) is 20.7. The van der Waals surface area contributed by atoms with Gasteiger partial charge in [-0.25, -0.2) is 0 Å². The van der Waals surface area contributed by atoms with Crippen molar-refractivity contribution in [1.82, 2.24) is 0 Å². The van der Waals surface area contributed by atoms with E-state index in [-0.39, 0.29) is 12.6 Å². The molecule has 0 aliphatic rings. The summed E-state index contributed by atoms with van der Waals surface area (Å²) in [5.41, 5.74) is 0. The molecule has 0 aromatic rings. The maximum absolute atomic E-state index is 11.6. The molecule has 0 unspecified atom stereocenters. The molecule has 0 radical (unpaired) electrons. The second kappa shape index (κ2) is 15.7. The van der Waals surface area contributed by atoms with Gasteiger partial charge in [-0.3, -0.25) is 4.79 Å². The monoisotopic (exact) mass is 480 g/mol. The fourth-order valence-electron chi connectivity index (χ4n) is 3.60. The molecule has 30 heavy (non-hydrogen) atoms. The van der Waals surface area contributed by atoms with E-state index in [1.165, 1.54) is 18.9 Å². The van der Waals surface area contributed by atoms with Crippen molar-refractivity contribution in [3.05, 3.63) is 0 Å². The van der Waals surface area contributed by atoms with Crippen LogP contribution >= 0.6 is 0 Å². The average Bonchev–Trinajstić information content (AvgIpc) is 2.60. The summed E-state index contributed by atoms with van der Waals surface area (Å²) in [7, 11) is -5.58. The number of ether oxygens (including phenoxy) is 2. The lowest BCUT2D eigenvalue weighted by molar-refractivity contribution is -0.145. The largest absolute Gasteiger partial charge is 0.463 e. The van der Waals surface area contributed by atoms with Crippen molar-refractivity contribution in [2.45, 2.75) is 103 Å². The summed E-state index contributed by atoms with van der Waals surface area (Å²) < 4.78 is 24.0. The zero-order chi connectivity index (χ0) is 23.1. The van der Waals surface area contributed by atoms with Crippen molar-refractivity contribution in [1.29, 1.82) is 0 Å². The van der Waals surface area contributed by atoms with Crippen LogP contribution in [0.15, 0.2) is 0 Å². The minimum atomic E-state index is -2.12. The molecule has 0 rings (SSSR count). The predicted octanol–water partition coefficient (Wildman–Crippen LogP) is 5.43. The quantitative estimate of drug-likeness (QED) is 0.151. The lowest BCUT2D eigenvalue weighted by atomic mass is 10.2. The number of aliphatic hydroxyl groups is 1. The molecule has 0 aliphatic heterocycles. The Bertz CT molecular complexity index is 458. The highest BCUT2D eigenvalue weighted by Gasteiger charge is 2.39. The van der Waals surface area contributed by atoms with Gasteiger partial charge in [0.1, 0.15) is 6.61 Å². The number of unbranched alkanes of at least 4 members (excludes halogenated alkanes) is 3. The normalized spacial score (nSPS) is 12.9. The highest BCUT2D eigenvalue weighted by Crippen LogP contribution is 2.26. The van der Waals surface area contributed by atoms with Gasteiger partial charge in [-0.05, 0) is 70.6 Å². The Morgan fingerprint density at radius 2 is 1.37 bits per heavy atom. The summed E-state index contributed by atoms with van der Waals surface area (Å²) in [5, 5.41) is 8.71. The molecule has 9 heteroatoms. The van der Waals surface area contributed by atoms with E-state index in [0.717, 1.165) is 31.7 Å². The van der Waals surface area contributed by atoms with Crippen LogP contribution in [0.1, 0.15) is 51.9 Å². The Hall–Kier alpha value is -0.0394. The van der Waals surface area contributed by atoms with Gasteiger partial charge in [0, 0.05) is 19.6 Å². The van der Waals surface area contributed by atoms with Gasteiger partial charge in [-0.1, -0.05) is 26.2 Å². The average molecular weight is 481 g/mol. The Balaban J connectivity index is 3.97. The maximum atomic E-state index is 11.6. The van der Waals surface area contributed by atoms with Crippen molar-refractivity contribution in [3.63, 3.8) is 0 Å². The van der Waals surface area contributed by atoms with Gasteiger partial charge in [-0.15, -0.1) is 0 Å². The van der Waals surface area contributed by atoms with Gasteiger partial charge in [-0.2, -0.15) is 0 Å². The molecule has 6 nitrogen and oxygen atoms in total. The Morgan fingerprint density at radius 3 is 1.93 bits per heavy atom. The molecule has 0 spiro atoms. The fraction of sp³-hybridized carbons (Fsp3) is 0.952. The molecule has 0 amide bonds. The molecule has 0 aromatic heterocycles. The fourth-order valence-corrected chi connectivity index (χ4v) is 17.8. The Morgan fingerprint density at radius 1 is 0.767 bits per heavy atom. The van der Waals surface area contributed by atoms with E-state index in [2.05, 4.69) is 46.2 Å². The van der Waals surface area contributed by atoms with Gasteiger partial charge in [0.2, 0.25) is 0 Å². The number of rotatable bonds is 19. The van der Waals surface area contributed by atoms with Gasteiger partial charge in [0.25, 0.3) is 0 Å². The van der Waals surface area contributed by atoms with E-state index >= 15 is 0 Å². The Kier molecular flexibility index (Phi) is 15.7. The molecule has 180 valence electrons. The highest BCUT2D eigenvalue weighted by molar-refractivity contribution is 6.87. The maximum Gasteiger partial charge on any atom is 0.311 e. The molecule has 0 bridgehead atoms. The SMILES string of the molecule is CCCC[Si](C)(C)O[Si](C)(C)O[Si](C)(C)CCCOCCOC(=O)CCCCCO. The lowest BCUT2D eigenvalue weighted by Crippen LogP contribution is -2.52. The lowest BCUT2D eigenvalue weighted by Gasteiger charge is -2.38. The highest BCUT2D eigenvalue weighted by atomic mass is 28.5. The number of aliphatic hydroxyl groups excluding tert-OH is 1. The smallest absolute Gasteiger partial charge is 0.311 e. The van der Waals surface area contributed by atoms with Crippen molar-refractivity contribution >= 4 is 31.2 Å². The summed E-state index contributed by atoms with van der Waals surface area (Å²) in [6.07, 6.45) is 6.18. The summed E-state index contributed by atoms with van der Waals surface area (Å²) in [4.78, 5) is 11.6. The first-order chi connectivity index (χ1) is 13.9. The molecular formula is C21H48O6Si3. The van der Waals surface area contributed by atoms with Crippen LogP contribution in [-0.2, 0) is 22.5 Å². The third kappa shape index (κ3) is 17.6. The summed E-state index contributed by atoms with van der Waals surface area (Å²) in [6, 6.07) is 2.24. The number of esters is 1. The van der Waals surface area contributed by atoms with E-state index < -0.39 is 25.2 Å². The molecule has 0 aliphatic carbocycles. The Labute approximate surface area is 188 Å². The van der Waals surface area contributed by atoms with Crippen LogP contribution in [-0.4, -0.2) is 62.7 Å². The number of carbonyl (C=O) groups excluding carboxylic acids is 1.